The number of aryl methyl sites for hydroxylation is 1. The summed E-state index contributed by atoms with van der Waals surface area (Å²) >= 11 is 0. The maximum atomic E-state index is 10.9. The average molecular weight is 219 g/mol. The summed E-state index contributed by atoms with van der Waals surface area (Å²) in [6, 6.07) is 3.42. The van der Waals surface area contributed by atoms with Gasteiger partial charge in [0.1, 0.15) is 5.69 Å². The van der Waals surface area contributed by atoms with Gasteiger partial charge < -0.3 is 10.7 Å². The van der Waals surface area contributed by atoms with Crippen molar-refractivity contribution in [1.82, 2.24) is 15.0 Å². The van der Waals surface area contributed by atoms with E-state index in [4.69, 9.17) is 5.73 Å². The molecule has 0 saturated carbocycles. The number of aromatic amines is 1. The van der Waals surface area contributed by atoms with Crippen LogP contribution in [0.3, 0.4) is 0 Å². The molecule has 16 heavy (non-hydrogen) atoms. The van der Waals surface area contributed by atoms with Gasteiger partial charge in [0.15, 0.2) is 5.69 Å². The molecule has 0 amide bonds. The van der Waals surface area contributed by atoms with Gasteiger partial charge in [-0.3, -0.25) is 10.1 Å². The lowest BCUT2D eigenvalue weighted by atomic mass is 10.2. The van der Waals surface area contributed by atoms with Crippen molar-refractivity contribution in [3.05, 3.63) is 34.1 Å². The van der Waals surface area contributed by atoms with Crippen LogP contribution < -0.4 is 5.73 Å². The summed E-state index contributed by atoms with van der Waals surface area (Å²) in [4.78, 5) is 20.9. The number of hydrogen-bond acceptors (Lipinski definition) is 5. The summed E-state index contributed by atoms with van der Waals surface area (Å²) < 4.78 is 0. The molecule has 2 heterocycles. The normalized spacial score (nSPS) is 10.3. The zero-order chi connectivity index (χ0) is 11.7. The summed E-state index contributed by atoms with van der Waals surface area (Å²) in [6.07, 6.45) is 1.66. The average Bonchev–Trinajstić information content (AvgIpc) is 2.67. The number of nitrogen functional groups attached to an aromatic ring is 1. The van der Waals surface area contributed by atoms with Crippen molar-refractivity contribution in [2.75, 3.05) is 5.73 Å². The number of nitrogens with zero attached hydrogens (tertiary/aromatic N) is 3. The first-order valence-corrected chi connectivity index (χ1v) is 4.52. The molecule has 2 aromatic rings. The maximum Gasteiger partial charge on any atom is 0.318 e. The highest BCUT2D eigenvalue weighted by atomic mass is 16.6. The molecule has 3 N–H and O–H groups in total. The fourth-order valence-electron chi connectivity index (χ4n) is 1.47. The number of nitrogens with two attached hydrogens (primary N) is 1. The van der Waals surface area contributed by atoms with E-state index in [9.17, 15) is 10.1 Å². The van der Waals surface area contributed by atoms with Crippen LogP contribution in [0.25, 0.3) is 11.4 Å². The van der Waals surface area contributed by atoms with Gasteiger partial charge in [-0.1, -0.05) is 0 Å². The lowest BCUT2D eigenvalue weighted by molar-refractivity contribution is -0.385. The first-order valence-electron chi connectivity index (χ1n) is 4.52. The Balaban J connectivity index is 2.72. The van der Waals surface area contributed by atoms with E-state index in [0.29, 0.717) is 5.69 Å². The first-order chi connectivity index (χ1) is 7.59. The molecule has 0 aliphatic carbocycles. The molecule has 7 heteroatoms. The van der Waals surface area contributed by atoms with Crippen LogP contribution in [-0.2, 0) is 0 Å². The molecule has 7 nitrogen and oxygen atoms in total. The minimum atomic E-state index is -0.509. The first kappa shape index (κ1) is 10.1. The van der Waals surface area contributed by atoms with Gasteiger partial charge in [-0.25, -0.2) is 9.97 Å². The number of aromatic nitrogens is 3. The van der Waals surface area contributed by atoms with Crippen molar-refractivity contribution in [2.45, 2.75) is 6.92 Å². The van der Waals surface area contributed by atoms with Gasteiger partial charge in [-0.05, 0) is 19.1 Å². The Hall–Kier alpha value is -2.44. The Labute approximate surface area is 90.5 Å². The van der Waals surface area contributed by atoms with Crippen molar-refractivity contribution >= 4 is 11.6 Å². The Morgan fingerprint density at radius 3 is 2.81 bits per heavy atom. The highest BCUT2D eigenvalue weighted by Crippen LogP contribution is 2.29. The quantitative estimate of drug-likeness (QED) is 0.583. The second-order valence-corrected chi connectivity index (χ2v) is 3.21. The molecule has 0 aromatic carbocycles. The standard InChI is InChI=1S/C9H9N5O2/c1-5-8(14(15)16)7(13-9(10)12-5)6-3-2-4-11-6/h2-4,11H,1H3,(H2,10,12,13). The predicted octanol–water partition coefficient (Wildman–Crippen LogP) is 1.27. The molecular weight excluding hydrogens is 210 g/mol. The Bertz CT molecular complexity index is 535. The van der Waals surface area contributed by atoms with Crippen LogP contribution in [0.15, 0.2) is 18.3 Å². The predicted molar refractivity (Wildman–Crippen MR) is 57.6 cm³/mol. The summed E-state index contributed by atoms with van der Waals surface area (Å²) in [5.41, 5.74) is 6.35. The number of hydrogen-bond donors (Lipinski definition) is 2. The molecule has 0 radical (unpaired) electrons. The van der Waals surface area contributed by atoms with E-state index in [2.05, 4.69) is 15.0 Å². The van der Waals surface area contributed by atoms with Crippen LogP contribution in [0, 0.1) is 17.0 Å². The van der Waals surface area contributed by atoms with Crippen LogP contribution in [0.2, 0.25) is 0 Å². The number of rotatable bonds is 2. The van der Waals surface area contributed by atoms with Gasteiger partial charge in [-0.2, -0.15) is 0 Å². The maximum absolute atomic E-state index is 10.9. The molecule has 2 aromatic heterocycles. The smallest absolute Gasteiger partial charge is 0.318 e. The van der Waals surface area contributed by atoms with Crippen LogP contribution in [0.5, 0.6) is 0 Å². The number of H-pyrrole nitrogens is 1. The topological polar surface area (TPSA) is 111 Å². The monoisotopic (exact) mass is 219 g/mol. The lowest BCUT2D eigenvalue weighted by Crippen LogP contribution is -2.04. The van der Waals surface area contributed by atoms with Crippen molar-refractivity contribution in [1.29, 1.82) is 0 Å². The van der Waals surface area contributed by atoms with Gasteiger partial charge in [0.05, 0.1) is 10.6 Å². The molecule has 82 valence electrons. The Morgan fingerprint density at radius 1 is 1.50 bits per heavy atom. The van der Waals surface area contributed by atoms with Crippen LogP contribution in [-0.4, -0.2) is 19.9 Å². The number of nitro groups is 1. The molecule has 2 rings (SSSR count). The molecule has 0 atom stereocenters. The third kappa shape index (κ3) is 1.58. The lowest BCUT2D eigenvalue weighted by Gasteiger charge is -2.03. The third-order valence-electron chi connectivity index (χ3n) is 2.11. The van der Waals surface area contributed by atoms with Crippen LogP contribution in [0.1, 0.15) is 5.69 Å². The fraction of sp³-hybridized carbons (Fsp3) is 0.111. The molecule has 0 spiro atoms. The van der Waals surface area contributed by atoms with E-state index in [1.165, 1.54) is 6.92 Å². The van der Waals surface area contributed by atoms with Crippen molar-refractivity contribution in [3.8, 4) is 11.4 Å². The van der Waals surface area contributed by atoms with Gasteiger partial charge in [0.25, 0.3) is 0 Å². The molecule has 0 fully saturated rings. The van der Waals surface area contributed by atoms with E-state index in [1.54, 1.807) is 18.3 Å². The van der Waals surface area contributed by atoms with E-state index in [1.807, 2.05) is 0 Å². The minimum Gasteiger partial charge on any atom is -0.368 e. The molecule has 0 bridgehead atoms. The second kappa shape index (κ2) is 3.61. The van der Waals surface area contributed by atoms with Gasteiger partial charge in [-0.15, -0.1) is 0 Å². The summed E-state index contributed by atoms with van der Waals surface area (Å²) in [5, 5.41) is 10.9. The molecule has 0 saturated heterocycles. The summed E-state index contributed by atoms with van der Waals surface area (Å²) in [7, 11) is 0. The van der Waals surface area contributed by atoms with Gasteiger partial charge in [0.2, 0.25) is 5.95 Å². The molecular formula is C9H9N5O2. The number of anilines is 1. The van der Waals surface area contributed by atoms with Crippen LogP contribution in [0.4, 0.5) is 11.6 Å². The van der Waals surface area contributed by atoms with E-state index in [-0.39, 0.29) is 23.0 Å². The summed E-state index contributed by atoms with van der Waals surface area (Å²) in [6.45, 7) is 1.53. The molecule has 0 unspecified atom stereocenters. The SMILES string of the molecule is Cc1nc(N)nc(-c2ccc[nH]2)c1[N+](=O)[O-]. The largest absolute Gasteiger partial charge is 0.368 e. The molecule has 0 aliphatic rings. The van der Waals surface area contributed by atoms with E-state index >= 15 is 0 Å². The van der Waals surface area contributed by atoms with E-state index in [0.717, 1.165) is 0 Å². The van der Waals surface area contributed by atoms with E-state index < -0.39 is 4.92 Å². The second-order valence-electron chi connectivity index (χ2n) is 3.21. The van der Waals surface area contributed by atoms with Crippen molar-refractivity contribution in [3.63, 3.8) is 0 Å². The Morgan fingerprint density at radius 2 is 2.25 bits per heavy atom. The highest BCUT2D eigenvalue weighted by molar-refractivity contribution is 5.68. The van der Waals surface area contributed by atoms with Gasteiger partial charge >= 0.3 is 5.69 Å². The summed E-state index contributed by atoms with van der Waals surface area (Å²) in [5.74, 6) is 0.0210. The minimum absolute atomic E-state index is 0.0210. The van der Waals surface area contributed by atoms with Crippen molar-refractivity contribution < 1.29 is 4.92 Å². The third-order valence-corrected chi connectivity index (χ3v) is 2.11. The van der Waals surface area contributed by atoms with Gasteiger partial charge in [0, 0.05) is 6.20 Å². The molecule has 0 aliphatic heterocycles. The zero-order valence-electron chi connectivity index (χ0n) is 8.47. The highest BCUT2D eigenvalue weighted by Gasteiger charge is 2.22. The fourth-order valence-corrected chi connectivity index (χ4v) is 1.47. The zero-order valence-corrected chi connectivity index (χ0v) is 8.47. The van der Waals surface area contributed by atoms with Crippen molar-refractivity contribution in [2.24, 2.45) is 0 Å². The van der Waals surface area contributed by atoms with Crippen LogP contribution >= 0.6 is 0 Å². The Kier molecular flexibility index (Phi) is 2.28. The number of nitrogens with one attached hydrogen (secondary N) is 1.